The Morgan fingerprint density at radius 2 is 1.94 bits per heavy atom. The Labute approximate surface area is 193 Å². The van der Waals surface area contributed by atoms with Gasteiger partial charge in [0.1, 0.15) is 5.38 Å². The molecule has 1 aromatic heterocycles. The number of nitrogens with one attached hydrogen (secondary N) is 2. The molecular weight excluding hydrogens is 469 g/mol. The van der Waals surface area contributed by atoms with Gasteiger partial charge < -0.3 is 19.3 Å². The van der Waals surface area contributed by atoms with Gasteiger partial charge in [0.25, 0.3) is 5.91 Å². The number of rotatable bonds is 8. The van der Waals surface area contributed by atoms with E-state index in [2.05, 4.69) is 20.8 Å². The molecule has 2 aliphatic heterocycles. The van der Waals surface area contributed by atoms with E-state index in [1.165, 1.54) is 0 Å². The summed E-state index contributed by atoms with van der Waals surface area (Å²) in [4.78, 5) is 34.9. The van der Waals surface area contributed by atoms with Crippen molar-refractivity contribution in [1.29, 1.82) is 0 Å². The van der Waals surface area contributed by atoms with Crippen LogP contribution < -0.4 is 15.8 Å². The summed E-state index contributed by atoms with van der Waals surface area (Å²) < 4.78 is 49.1. The normalized spacial score (nSPS) is 22.8. The summed E-state index contributed by atoms with van der Waals surface area (Å²) in [6, 6.07) is 0. The van der Waals surface area contributed by atoms with E-state index >= 15 is 0 Å². The fourth-order valence-corrected chi connectivity index (χ4v) is 3.59. The van der Waals surface area contributed by atoms with Crippen LogP contribution >= 0.6 is 11.6 Å². The molecule has 2 unspecified atom stereocenters. The van der Waals surface area contributed by atoms with Gasteiger partial charge in [0, 0.05) is 45.1 Å². The third-order valence-corrected chi connectivity index (χ3v) is 5.67. The quantitative estimate of drug-likeness (QED) is 0.399. The van der Waals surface area contributed by atoms with Crippen LogP contribution in [0, 0.1) is 0 Å². The maximum absolute atomic E-state index is 12.6. The minimum Gasteiger partial charge on any atom is -0.378 e. The highest BCUT2D eigenvalue weighted by molar-refractivity contribution is 6.31. The number of carbonyl (C=O) groups is 2. The zero-order valence-corrected chi connectivity index (χ0v) is 18.7. The second kappa shape index (κ2) is 11.3. The number of nitrogens with zero attached hydrogens (tertiary/aromatic N) is 4. The maximum Gasteiger partial charge on any atom is 0.419 e. The van der Waals surface area contributed by atoms with Crippen LogP contribution in [0.25, 0.3) is 0 Å². The molecule has 0 radical (unpaired) electrons. The van der Waals surface area contributed by atoms with Crippen molar-refractivity contribution in [3.63, 3.8) is 0 Å². The third-order valence-electron chi connectivity index (χ3n) is 5.19. The molecule has 3 rings (SSSR count). The summed E-state index contributed by atoms with van der Waals surface area (Å²) in [5, 5.41) is -0.790. The lowest BCUT2D eigenvalue weighted by Gasteiger charge is -2.34. The number of carbonyl (C=O) groups excluding carboxylic acids is 2. The Hall–Kier alpha value is -2.22. The Kier molecular flexibility index (Phi) is 8.68. The van der Waals surface area contributed by atoms with Gasteiger partial charge in [-0.1, -0.05) is 0 Å². The predicted octanol–water partition coefficient (Wildman–Crippen LogP) is 0.566. The zero-order valence-electron chi connectivity index (χ0n) is 18.0. The van der Waals surface area contributed by atoms with Gasteiger partial charge in [-0.05, 0) is 6.92 Å². The summed E-state index contributed by atoms with van der Waals surface area (Å²) >= 11 is 6.02. The number of alkyl halides is 4. The van der Waals surface area contributed by atoms with E-state index in [9.17, 15) is 22.8 Å². The second-order valence-corrected chi connectivity index (χ2v) is 8.19. The fraction of sp³-hybridized carbons (Fsp3) is 0.684. The van der Waals surface area contributed by atoms with Gasteiger partial charge in [-0.25, -0.2) is 15.4 Å². The molecule has 10 nitrogen and oxygen atoms in total. The van der Waals surface area contributed by atoms with E-state index in [-0.39, 0.29) is 43.5 Å². The first-order valence-corrected chi connectivity index (χ1v) is 10.9. The lowest BCUT2D eigenvalue weighted by Crippen LogP contribution is -2.57. The number of aromatic nitrogens is 2. The number of hydrazine groups is 1. The molecule has 2 N–H and O–H groups in total. The van der Waals surface area contributed by atoms with Crippen LogP contribution in [0.3, 0.4) is 0 Å². The van der Waals surface area contributed by atoms with Gasteiger partial charge in [0.15, 0.2) is 0 Å². The highest BCUT2D eigenvalue weighted by Crippen LogP contribution is 2.28. The predicted molar refractivity (Wildman–Crippen MR) is 111 cm³/mol. The van der Waals surface area contributed by atoms with E-state index in [0.29, 0.717) is 32.7 Å². The lowest BCUT2D eigenvalue weighted by atomic mass is 10.2. The zero-order chi connectivity index (χ0) is 24.0. The number of amides is 2. The van der Waals surface area contributed by atoms with Gasteiger partial charge >= 0.3 is 6.18 Å². The Morgan fingerprint density at radius 3 is 2.58 bits per heavy atom. The number of piperazine rings is 1. The lowest BCUT2D eigenvalue weighted by molar-refractivity contribution is -0.138. The largest absolute Gasteiger partial charge is 0.419 e. The summed E-state index contributed by atoms with van der Waals surface area (Å²) in [5.74, 6) is -0.223. The molecule has 33 heavy (non-hydrogen) atoms. The topological polar surface area (TPSA) is 109 Å². The van der Waals surface area contributed by atoms with Crippen molar-refractivity contribution in [1.82, 2.24) is 25.7 Å². The van der Waals surface area contributed by atoms with E-state index < -0.39 is 23.2 Å². The number of hydrogen-bond acceptors (Lipinski definition) is 8. The number of anilines is 1. The van der Waals surface area contributed by atoms with Gasteiger partial charge in [-0.2, -0.15) is 13.2 Å². The molecule has 3 heterocycles. The Bertz CT molecular complexity index is 808. The van der Waals surface area contributed by atoms with Crippen molar-refractivity contribution < 1.29 is 32.2 Å². The van der Waals surface area contributed by atoms with Crippen LogP contribution in [0.15, 0.2) is 12.4 Å². The minimum absolute atomic E-state index is 0.0782. The molecule has 2 saturated heterocycles. The van der Waals surface area contributed by atoms with Gasteiger partial charge in [0.05, 0.1) is 37.4 Å². The van der Waals surface area contributed by atoms with Gasteiger partial charge in [-0.3, -0.25) is 15.0 Å². The monoisotopic (exact) mass is 494 g/mol. The molecule has 0 bridgehead atoms. The smallest absolute Gasteiger partial charge is 0.378 e. The molecule has 1 aromatic rings. The summed E-state index contributed by atoms with van der Waals surface area (Å²) in [5.41, 5.74) is 4.23. The molecule has 3 atom stereocenters. The summed E-state index contributed by atoms with van der Waals surface area (Å²) in [6.07, 6.45) is -3.57. The maximum atomic E-state index is 12.6. The molecule has 2 aliphatic rings. The van der Waals surface area contributed by atoms with Crippen molar-refractivity contribution >= 4 is 29.4 Å². The summed E-state index contributed by atoms with van der Waals surface area (Å²) in [7, 11) is 0. The minimum atomic E-state index is -4.48. The molecule has 184 valence electrons. The second-order valence-electron chi connectivity index (χ2n) is 7.72. The highest BCUT2D eigenvalue weighted by atomic mass is 35.5. The van der Waals surface area contributed by atoms with Crippen LogP contribution in [0.5, 0.6) is 0 Å². The van der Waals surface area contributed by atoms with Crippen molar-refractivity contribution in [3.05, 3.63) is 18.0 Å². The van der Waals surface area contributed by atoms with Crippen LogP contribution in [-0.2, 0) is 25.2 Å². The molecule has 0 aromatic carbocycles. The fourth-order valence-electron chi connectivity index (χ4n) is 3.39. The molecule has 0 aliphatic carbocycles. The van der Waals surface area contributed by atoms with Gasteiger partial charge in [0.2, 0.25) is 11.9 Å². The molecule has 14 heteroatoms. The average Bonchev–Trinajstić information content (AvgIpc) is 2.79. The average molecular weight is 495 g/mol. The molecule has 0 spiro atoms. The first kappa shape index (κ1) is 25.4. The number of halogens is 4. The van der Waals surface area contributed by atoms with Crippen molar-refractivity contribution in [3.8, 4) is 0 Å². The van der Waals surface area contributed by atoms with Crippen LogP contribution in [0.1, 0.15) is 18.9 Å². The molecule has 2 fully saturated rings. The Morgan fingerprint density at radius 1 is 1.27 bits per heavy atom. The first-order chi connectivity index (χ1) is 15.6. The SMILES string of the molecule is C[C@@H](COCCC(=O)N1CCN(c2ncc(C(F)(F)F)cn2)CC1)OC1CNNC(=O)C1Cl. The Balaban J connectivity index is 1.33. The van der Waals surface area contributed by atoms with Crippen LogP contribution in [0.2, 0.25) is 0 Å². The third kappa shape index (κ3) is 7.13. The highest BCUT2D eigenvalue weighted by Gasteiger charge is 2.33. The van der Waals surface area contributed by atoms with E-state index in [1.54, 1.807) is 16.7 Å². The van der Waals surface area contributed by atoms with Crippen molar-refractivity contribution in [2.75, 3.05) is 50.8 Å². The molecular formula is C19H26ClF3N6O4. The number of ether oxygens (including phenoxy) is 2. The first-order valence-electron chi connectivity index (χ1n) is 10.5. The van der Waals surface area contributed by atoms with Crippen LogP contribution in [-0.4, -0.2) is 90.2 Å². The molecule has 2 amide bonds. The van der Waals surface area contributed by atoms with Crippen molar-refractivity contribution in [2.24, 2.45) is 0 Å². The molecule has 0 saturated carbocycles. The van der Waals surface area contributed by atoms with E-state index in [0.717, 1.165) is 12.4 Å². The number of hydrogen-bond donors (Lipinski definition) is 2. The van der Waals surface area contributed by atoms with Crippen molar-refractivity contribution in [2.45, 2.75) is 37.1 Å². The van der Waals surface area contributed by atoms with E-state index in [4.69, 9.17) is 21.1 Å². The summed E-state index contributed by atoms with van der Waals surface area (Å²) in [6.45, 7) is 4.30. The van der Waals surface area contributed by atoms with E-state index in [1.807, 2.05) is 0 Å². The van der Waals surface area contributed by atoms with Gasteiger partial charge in [-0.15, -0.1) is 11.6 Å². The standard InChI is InChI=1S/C19H26ClF3N6O4/c1-12(33-14-10-26-27-17(31)16(14)20)11-32-7-2-15(30)28-3-5-29(6-4-28)18-24-8-13(9-25-18)19(21,22)23/h8-9,12,14,16,26H,2-7,10-11H2,1H3,(H,27,31)/t12-,14?,16?/m0/s1. The van der Waals surface area contributed by atoms with Crippen LogP contribution in [0.4, 0.5) is 19.1 Å².